The summed E-state index contributed by atoms with van der Waals surface area (Å²) in [7, 11) is 1.63. The normalized spacial score (nSPS) is 14.3. The summed E-state index contributed by atoms with van der Waals surface area (Å²) in [4.78, 5) is 19.0. The molecule has 1 amide bonds. The lowest BCUT2D eigenvalue weighted by atomic mass is 9.91. The average molecular weight is 562 g/mol. The first-order chi connectivity index (χ1) is 19.6. The number of fused-ring (bicyclic) bond motifs is 1. The molecule has 0 spiro atoms. The van der Waals surface area contributed by atoms with E-state index in [4.69, 9.17) is 25.0 Å². The summed E-state index contributed by atoms with van der Waals surface area (Å²) in [6, 6.07) is 13.9. The number of hydrogen-bond donors (Lipinski definition) is 1. The molecular formula is C31H36FN5O4. The van der Waals surface area contributed by atoms with Gasteiger partial charge in [-0.3, -0.25) is 0 Å². The maximum atomic E-state index is 14.7. The second kappa shape index (κ2) is 11.6. The van der Waals surface area contributed by atoms with Gasteiger partial charge in [-0.25, -0.2) is 18.9 Å². The molecule has 1 aliphatic rings. The number of carbonyl (C=O) groups is 1. The molecule has 10 heteroatoms. The lowest BCUT2D eigenvalue weighted by molar-refractivity contribution is 0.0184. The molecule has 4 aromatic rings. The maximum Gasteiger partial charge on any atom is 0.410 e. The number of benzene rings is 2. The van der Waals surface area contributed by atoms with Crippen molar-refractivity contribution in [2.75, 3.05) is 25.9 Å². The number of nitrogens with two attached hydrogens (primary N) is 1. The number of likely N-dealkylation sites (tertiary alicyclic amines) is 1. The van der Waals surface area contributed by atoms with Gasteiger partial charge in [-0.05, 0) is 81.8 Å². The van der Waals surface area contributed by atoms with Gasteiger partial charge in [0.25, 0.3) is 0 Å². The van der Waals surface area contributed by atoms with E-state index in [9.17, 15) is 9.18 Å². The van der Waals surface area contributed by atoms with E-state index in [0.717, 1.165) is 35.2 Å². The molecule has 0 radical (unpaired) electrons. The average Bonchev–Trinajstić information content (AvgIpc) is 3.27. The number of nitrogens with zero attached hydrogens (tertiary/aromatic N) is 4. The lowest BCUT2D eigenvalue weighted by Crippen LogP contribution is -2.42. The zero-order chi connectivity index (χ0) is 29.1. The third-order valence-electron chi connectivity index (χ3n) is 7.08. The highest BCUT2D eigenvalue weighted by Crippen LogP contribution is 2.35. The second-order valence-electron chi connectivity index (χ2n) is 11.4. The number of amides is 1. The number of methoxy groups -OCH3 is 1. The zero-order valence-corrected chi connectivity index (χ0v) is 23.9. The summed E-state index contributed by atoms with van der Waals surface area (Å²) in [6.45, 7) is 7.33. The van der Waals surface area contributed by atoms with Crippen molar-refractivity contribution in [2.45, 2.75) is 52.2 Å². The molecule has 41 heavy (non-hydrogen) atoms. The van der Waals surface area contributed by atoms with Crippen LogP contribution in [0.15, 0.2) is 54.7 Å². The molecule has 2 aromatic carbocycles. The Morgan fingerprint density at radius 1 is 1.07 bits per heavy atom. The highest BCUT2D eigenvalue weighted by Gasteiger charge is 2.28. The van der Waals surface area contributed by atoms with Crippen LogP contribution in [0, 0.1) is 11.7 Å². The number of hydrogen-bond acceptors (Lipinski definition) is 7. The molecule has 216 valence electrons. The first kappa shape index (κ1) is 28.2. The Labute approximate surface area is 239 Å². The minimum atomic E-state index is -0.545. The zero-order valence-electron chi connectivity index (χ0n) is 23.9. The first-order valence-corrected chi connectivity index (χ1v) is 13.8. The predicted molar refractivity (Wildman–Crippen MR) is 155 cm³/mol. The Kier molecular flexibility index (Phi) is 8.01. The Morgan fingerprint density at radius 2 is 1.80 bits per heavy atom. The van der Waals surface area contributed by atoms with Gasteiger partial charge in [0.1, 0.15) is 17.1 Å². The van der Waals surface area contributed by atoms with Crippen molar-refractivity contribution in [2.24, 2.45) is 5.92 Å². The molecule has 2 aromatic heterocycles. The fourth-order valence-electron chi connectivity index (χ4n) is 5.02. The number of carbonyl (C=O) groups excluding carboxylic acids is 1. The van der Waals surface area contributed by atoms with Gasteiger partial charge in [-0.1, -0.05) is 12.1 Å². The van der Waals surface area contributed by atoms with Gasteiger partial charge >= 0.3 is 6.09 Å². The van der Waals surface area contributed by atoms with Crippen LogP contribution in [0.1, 0.15) is 44.9 Å². The van der Waals surface area contributed by atoms with E-state index in [1.807, 2.05) is 49.7 Å². The molecule has 1 aliphatic heterocycles. The highest BCUT2D eigenvalue weighted by molar-refractivity contribution is 5.85. The molecule has 0 atom stereocenters. The van der Waals surface area contributed by atoms with Gasteiger partial charge in [0.05, 0.1) is 24.7 Å². The molecule has 0 unspecified atom stereocenters. The van der Waals surface area contributed by atoms with Crippen molar-refractivity contribution in [3.63, 3.8) is 0 Å². The number of aromatic nitrogens is 3. The summed E-state index contributed by atoms with van der Waals surface area (Å²) in [5, 5.41) is 5.73. The SMILES string of the molecule is COc1ccc(Cn2nc(CC3CCN(C(=O)OC(C)(C)C)CC3)c3c(Oc4ccc(N)cc4F)ccnc32)cc1. The summed E-state index contributed by atoms with van der Waals surface area (Å²) in [5.41, 5.74) is 8.03. The number of piperidine rings is 1. The first-order valence-electron chi connectivity index (χ1n) is 13.8. The minimum absolute atomic E-state index is 0.0752. The Bertz CT molecular complexity index is 1520. The van der Waals surface area contributed by atoms with Crippen molar-refractivity contribution >= 4 is 22.8 Å². The van der Waals surface area contributed by atoms with Crippen LogP contribution in [0.4, 0.5) is 14.9 Å². The third-order valence-corrected chi connectivity index (χ3v) is 7.08. The fraction of sp³-hybridized carbons (Fsp3) is 0.387. The van der Waals surface area contributed by atoms with Gasteiger partial charge in [-0.15, -0.1) is 0 Å². The molecule has 0 aliphatic carbocycles. The van der Waals surface area contributed by atoms with Crippen LogP contribution in [0.5, 0.6) is 17.2 Å². The van der Waals surface area contributed by atoms with Crippen molar-refractivity contribution < 1.29 is 23.4 Å². The lowest BCUT2D eigenvalue weighted by Gasteiger charge is -2.33. The van der Waals surface area contributed by atoms with E-state index in [2.05, 4.69) is 4.98 Å². The van der Waals surface area contributed by atoms with E-state index < -0.39 is 11.4 Å². The Balaban J connectivity index is 1.43. The molecule has 1 fully saturated rings. The molecule has 5 rings (SSSR count). The molecular weight excluding hydrogens is 525 g/mol. The van der Waals surface area contributed by atoms with Crippen LogP contribution >= 0.6 is 0 Å². The van der Waals surface area contributed by atoms with Crippen LogP contribution in [0.3, 0.4) is 0 Å². The summed E-state index contributed by atoms with van der Waals surface area (Å²) in [5.74, 6) is 1.07. The number of nitrogen functional groups attached to an aromatic ring is 1. The molecule has 9 nitrogen and oxygen atoms in total. The van der Waals surface area contributed by atoms with Crippen molar-refractivity contribution in [3.8, 4) is 17.2 Å². The van der Waals surface area contributed by atoms with Crippen LogP contribution in [-0.4, -0.2) is 51.6 Å². The summed E-state index contributed by atoms with van der Waals surface area (Å²) < 4.78 is 33.5. The van der Waals surface area contributed by atoms with Crippen molar-refractivity contribution in [3.05, 3.63) is 71.8 Å². The maximum absolute atomic E-state index is 14.7. The summed E-state index contributed by atoms with van der Waals surface area (Å²) in [6.07, 6.45) is 3.66. The van der Waals surface area contributed by atoms with Crippen LogP contribution < -0.4 is 15.2 Å². The largest absolute Gasteiger partial charge is 0.497 e. The van der Waals surface area contributed by atoms with Gasteiger partial charge in [0, 0.05) is 31.0 Å². The number of halogens is 1. The number of pyridine rings is 1. The highest BCUT2D eigenvalue weighted by atomic mass is 19.1. The van der Waals surface area contributed by atoms with E-state index in [1.165, 1.54) is 12.1 Å². The molecule has 0 saturated carbocycles. The van der Waals surface area contributed by atoms with Crippen LogP contribution in [-0.2, 0) is 17.7 Å². The van der Waals surface area contributed by atoms with E-state index >= 15 is 0 Å². The molecule has 0 bridgehead atoms. The Hall–Kier alpha value is -4.34. The summed E-state index contributed by atoms with van der Waals surface area (Å²) >= 11 is 0. The van der Waals surface area contributed by atoms with Gasteiger partial charge < -0.3 is 24.8 Å². The fourth-order valence-corrected chi connectivity index (χ4v) is 5.02. The van der Waals surface area contributed by atoms with E-state index in [1.54, 1.807) is 30.3 Å². The monoisotopic (exact) mass is 561 g/mol. The quantitative estimate of drug-likeness (QED) is 0.268. The van der Waals surface area contributed by atoms with E-state index in [-0.39, 0.29) is 11.8 Å². The number of rotatable bonds is 7. The van der Waals surface area contributed by atoms with Crippen LogP contribution in [0.25, 0.3) is 11.0 Å². The van der Waals surface area contributed by atoms with E-state index in [0.29, 0.717) is 49.1 Å². The number of ether oxygens (including phenoxy) is 3. The van der Waals surface area contributed by atoms with Crippen molar-refractivity contribution in [1.29, 1.82) is 0 Å². The molecule has 1 saturated heterocycles. The third kappa shape index (κ3) is 6.70. The minimum Gasteiger partial charge on any atom is -0.497 e. The smallest absolute Gasteiger partial charge is 0.410 e. The topological polar surface area (TPSA) is 105 Å². The van der Waals surface area contributed by atoms with Crippen LogP contribution in [0.2, 0.25) is 0 Å². The predicted octanol–water partition coefficient (Wildman–Crippen LogP) is 6.19. The van der Waals surface area contributed by atoms with Gasteiger partial charge in [0.2, 0.25) is 0 Å². The van der Waals surface area contributed by atoms with Crippen molar-refractivity contribution in [1.82, 2.24) is 19.7 Å². The van der Waals surface area contributed by atoms with Gasteiger partial charge in [0.15, 0.2) is 17.2 Å². The Morgan fingerprint density at radius 3 is 2.46 bits per heavy atom. The molecule has 3 heterocycles. The van der Waals surface area contributed by atoms with Gasteiger partial charge in [-0.2, -0.15) is 5.10 Å². The number of anilines is 1. The molecule has 2 N–H and O–H groups in total. The standard InChI is InChI=1S/C31H36FN5O4/c1-31(2,3)41-30(38)36-15-12-20(13-16-36)17-25-28-27(40-26-10-7-22(33)18-24(26)32)11-14-34-29(28)37(35-25)19-21-5-8-23(39-4)9-6-21/h5-11,14,18,20H,12-13,15-17,19,33H2,1-4H3. The second-order valence-corrected chi connectivity index (χ2v) is 11.4.